The summed E-state index contributed by atoms with van der Waals surface area (Å²) in [5, 5.41) is 3.90. The highest BCUT2D eigenvalue weighted by atomic mass is 16.6. The Morgan fingerprint density at radius 1 is 1.08 bits per heavy atom. The summed E-state index contributed by atoms with van der Waals surface area (Å²) in [6.45, 7) is 13.3. The van der Waals surface area contributed by atoms with Crippen molar-refractivity contribution in [2.45, 2.75) is 41.5 Å². The van der Waals surface area contributed by atoms with Crippen LogP contribution in [0.1, 0.15) is 41.5 Å². The standard InChI is InChI=1S/C10H21NO/c1-9(2,3)7-11-12-8-10(4,5)6/h7H,8H2,1-6H3/b11-7-. The van der Waals surface area contributed by atoms with Gasteiger partial charge in [0.2, 0.25) is 0 Å². The fourth-order valence-corrected chi connectivity index (χ4v) is 0.426. The van der Waals surface area contributed by atoms with E-state index in [1.54, 1.807) is 0 Å². The number of nitrogens with zero attached hydrogens (tertiary/aromatic N) is 1. The van der Waals surface area contributed by atoms with Crippen LogP contribution >= 0.6 is 0 Å². The Balaban J connectivity index is 3.64. The quantitative estimate of drug-likeness (QED) is 0.462. The summed E-state index contributed by atoms with van der Waals surface area (Å²) in [7, 11) is 0. The first-order valence-electron chi connectivity index (χ1n) is 4.37. The highest BCUT2D eigenvalue weighted by molar-refractivity contribution is 5.63. The summed E-state index contributed by atoms with van der Waals surface area (Å²) in [4.78, 5) is 5.14. The highest BCUT2D eigenvalue weighted by Gasteiger charge is 2.10. The predicted molar refractivity (Wildman–Crippen MR) is 53.4 cm³/mol. The van der Waals surface area contributed by atoms with Crippen molar-refractivity contribution in [3.05, 3.63) is 0 Å². The van der Waals surface area contributed by atoms with Gasteiger partial charge in [0.15, 0.2) is 0 Å². The Morgan fingerprint density at radius 2 is 1.58 bits per heavy atom. The summed E-state index contributed by atoms with van der Waals surface area (Å²) in [6, 6.07) is 0. The summed E-state index contributed by atoms with van der Waals surface area (Å²) in [5.41, 5.74) is 0.299. The van der Waals surface area contributed by atoms with E-state index in [4.69, 9.17) is 4.84 Å². The summed E-state index contributed by atoms with van der Waals surface area (Å²) in [5.74, 6) is 0. The summed E-state index contributed by atoms with van der Waals surface area (Å²) in [6.07, 6.45) is 1.83. The van der Waals surface area contributed by atoms with Gasteiger partial charge in [0.25, 0.3) is 0 Å². The molecular formula is C10H21NO. The molecule has 0 bridgehead atoms. The molecule has 0 heterocycles. The lowest BCUT2D eigenvalue weighted by molar-refractivity contribution is 0.0767. The van der Waals surface area contributed by atoms with Crippen molar-refractivity contribution in [3.8, 4) is 0 Å². The maximum absolute atomic E-state index is 5.14. The molecule has 2 nitrogen and oxygen atoms in total. The van der Waals surface area contributed by atoms with Gasteiger partial charge in [-0.25, -0.2) is 0 Å². The predicted octanol–water partition coefficient (Wildman–Crippen LogP) is 3.08. The average Bonchev–Trinajstić information content (AvgIpc) is 1.76. The molecule has 12 heavy (non-hydrogen) atoms. The van der Waals surface area contributed by atoms with Crippen LogP contribution in [0.25, 0.3) is 0 Å². The molecule has 0 spiro atoms. The molecule has 0 saturated carbocycles. The first-order chi connectivity index (χ1) is 5.21. The van der Waals surface area contributed by atoms with Crippen LogP contribution in [0.3, 0.4) is 0 Å². The largest absolute Gasteiger partial charge is 0.396 e. The van der Waals surface area contributed by atoms with Gasteiger partial charge in [-0.1, -0.05) is 46.7 Å². The van der Waals surface area contributed by atoms with E-state index in [1.807, 2.05) is 6.21 Å². The zero-order chi connectivity index (χ0) is 9.83. The van der Waals surface area contributed by atoms with Crippen LogP contribution in [0.4, 0.5) is 0 Å². The van der Waals surface area contributed by atoms with Gasteiger partial charge in [-0.2, -0.15) is 0 Å². The minimum atomic E-state index is 0.109. The van der Waals surface area contributed by atoms with E-state index < -0.39 is 0 Å². The van der Waals surface area contributed by atoms with Crippen molar-refractivity contribution in [2.24, 2.45) is 16.0 Å². The molecule has 0 radical (unpaired) electrons. The Bertz CT molecular complexity index is 148. The van der Waals surface area contributed by atoms with E-state index in [1.165, 1.54) is 0 Å². The molecule has 0 fully saturated rings. The number of hydrogen-bond donors (Lipinski definition) is 0. The van der Waals surface area contributed by atoms with Crippen LogP contribution in [-0.2, 0) is 4.84 Å². The third-order valence-corrected chi connectivity index (χ3v) is 1.01. The van der Waals surface area contributed by atoms with Crippen molar-refractivity contribution in [1.29, 1.82) is 0 Å². The molecule has 0 rings (SSSR count). The van der Waals surface area contributed by atoms with Crippen LogP contribution < -0.4 is 0 Å². The highest BCUT2D eigenvalue weighted by Crippen LogP contribution is 2.13. The van der Waals surface area contributed by atoms with Gasteiger partial charge in [0.05, 0.1) is 0 Å². The third-order valence-electron chi connectivity index (χ3n) is 1.01. The van der Waals surface area contributed by atoms with E-state index in [0.717, 1.165) is 0 Å². The van der Waals surface area contributed by atoms with Crippen LogP contribution in [0.15, 0.2) is 5.16 Å². The molecule has 72 valence electrons. The number of oxime groups is 1. The van der Waals surface area contributed by atoms with Gasteiger partial charge in [-0.3, -0.25) is 0 Å². The molecule has 0 atom stereocenters. The van der Waals surface area contributed by atoms with E-state index in [9.17, 15) is 0 Å². The molecule has 0 aromatic carbocycles. The van der Waals surface area contributed by atoms with Gasteiger partial charge in [0, 0.05) is 11.6 Å². The Morgan fingerprint density at radius 3 is 1.92 bits per heavy atom. The second kappa shape index (κ2) is 3.92. The number of rotatable bonds is 2. The molecule has 0 N–H and O–H groups in total. The molecule has 2 heteroatoms. The van der Waals surface area contributed by atoms with Gasteiger partial charge < -0.3 is 4.84 Å². The van der Waals surface area contributed by atoms with Crippen molar-refractivity contribution < 1.29 is 4.84 Å². The first kappa shape index (κ1) is 11.5. The fraction of sp³-hybridized carbons (Fsp3) is 0.900. The van der Waals surface area contributed by atoms with E-state index in [0.29, 0.717) is 6.61 Å². The molecule has 0 saturated heterocycles. The van der Waals surface area contributed by atoms with E-state index in [2.05, 4.69) is 46.7 Å². The topological polar surface area (TPSA) is 21.6 Å². The second-order valence-electron chi connectivity index (χ2n) is 5.43. The van der Waals surface area contributed by atoms with Crippen LogP contribution in [0.5, 0.6) is 0 Å². The maximum Gasteiger partial charge on any atom is 0.122 e. The molecule has 0 unspecified atom stereocenters. The molecule has 0 aliphatic carbocycles. The third kappa shape index (κ3) is 9.47. The lowest BCUT2D eigenvalue weighted by Crippen LogP contribution is -2.13. The lowest BCUT2D eigenvalue weighted by atomic mass is 9.99. The SMILES string of the molecule is CC(C)(C)/C=N\OCC(C)(C)C. The first-order valence-corrected chi connectivity index (χ1v) is 4.37. The van der Waals surface area contributed by atoms with Gasteiger partial charge in [0.1, 0.15) is 6.61 Å². The molecule has 0 aliphatic heterocycles. The normalized spacial score (nSPS) is 13.8. The Labute approximate surface area is 76.0 Å². The Hall–Kier alpha value is -0.530. The lowest BCUT2D eigenvalue weighted by Gasteiger charge is -2.16. The fourth-order valence-electron chi connectivity index (χ4n) is 0.426. The van der Waals surface area contributed by atoms with Crippen molar-refractivity contribution in [2.75, 3.05) is 6.61 Å². The zero-order valence-electron chi connectivity index (χ0n) is 9.14. The molecular weight excluding hydrogens is 150 g/mol. The van der Waals surface area contributed by atoms with Gasteiger partial charge in [-0.05, 0) is 5.41 Å². The molecule has 0 amide bonds. The van der Waals surface area contributed by atoms with Gasteiger partial charge in [-0.15, -0.1) is 0 Å². The van der Waals surface area contributed by atoms with E-state index >= 15 is 0 Å². The molecule has 0 aromatic rings. The summed E-state index contributed by atoms with van der Waals surface area (Å²) >= 11 is 0. The van der Waals surface area contributed by atoms with Crippen LogP contribution in [0, 0.1) is 10.8 Å². The van der Waals surface area contributed by atoms with Crippen molar-refractivity contribution in [3.63, 3.8) is 0 Å². The monoisotopic (exact) mass is 171 g/mol. The Kier molecular flexibility index (Phi) is 3.75. The second-order valence-corrected chi connectivity index (χ2v) is 5.43. The average molecular weight is 171 g/mol. The van der Waals surface area contributed by atoms with Gasteiger partial charge >= 0.3 is 0 Å². The van der Waals surface area contributed by atoms with Crippen molar-refractivity contribution >= 4 is 6.21 Å². The smallest absolute Gasteiger partial charge is 0.122 e. The van der Waals surface area contributed by atoms with Crippen molar-refractivity contribution in [1.82, 2.24) is 0 Å². The minimum absolute atomic E-state index is 0.109. The number of hydrogen-bond acceptors (Lipinski definition) is 2. The minimum Gasteiger partial charge on any atom is -0.396 e. The van der Waals surface area contributed by atoms with Crippen LogP contribution in [0.2, 0.25) is 0 Å². The molecule has 0 aromatic heterocycles. The summed E-state index contributed by atoms with van der Waals surface area (Å²) < 4.78 is 0. The maximum atomic E-state index is 5.14. The molecule has 0 aliphatic rings. The zero-order valence-corrected chi connectivity index (χ0v) is 9.14. The van der Waals surface area contributed by atoms with E-state index in [-0.39, 0.29) is 10.8 Å². The van der Waals surface area contributed by atoms with Crippen LogP contribution in [-0.4, -0.2) is 12.8 Å².